The Morgan fingerprint density at radius 1 is 0.947 bits per heavy atom. The summed E-state index contributed by atoms with van der Waals surface area (Å²) in [6.45, 7) is 0. The average molecular weight is 335 g/mol. The minimum Gasteiger partial charge on any atom is -0.152 e. The SMILES string of the molecule is BrC(c1ccc(C2CCCCC2)cc1)c1ccsc1. The molecule has 1 saturated carbocycles. The molecule has 1 unspecified atom stereocenters. The Morgan fingerprint density at radius 2 is 1.68 bits per heavy atom. The summed E-state index contributed by atoms with van der Waals surface area (Å²) < 4.78 is 0. The number of rotatable bonds is 3. The summed E-state index contributed by atoms with van der Waals surface area (Å²) in [5.74, 6) is 0.803. The average Bonchev–Trinajstić information content (AvgIpc) is 3.02. The molecule has 0 N–H and O–H groups in total. The second-order valence-electron chi connectivity index (χ2n) is 5.42. The fourth-order valence-electron chi connectivity index (χ4n) is 2.98. The van der Waals surface area contributed by atoms with Gasteiger partial charge in [-0.2, -0.15) is 11.3 Å². The standard InChI is InChI=1S/C17H19BrS/c18-17(16-10-11-19-12-16)15-8-6-14(7-9-15)13-4-2-1-3-5-13/h6-13,17H,1-5H2. The summed E-state index contributed by atoms with van der Waals surface area (Å²) in [4.78, 5) is 0.333. The minimum absolute atomic E-state index is 0.333. The van der Waals surface area contributed by atoms with Gasteiger partial charge in [0.05, 0.1) is 4.83 Å². The van der Waals surface area contributed by atoms with Crippen molar-refractivity contribution < 1.29 is 0 Å². The molecule has 0 radical (unpaired) electrons. The van der Waals surface area contributed by atoms with Gasteiger partial charge in [-0.05, 0) is 52.3 Å². The maximum Gasteiger partial charge on any atom is 0.0652 e. The van der Waals surface area contributed by atoms with E-state index in [4.69, 9.17) is 0 Å². The normalized spacial score (nSPS) is 18.4. The first kappa shape index (κ1) is 13.4. The van der Waals surface area contributed by atoms with Crippen molar-refractivity contribution in [1.82, 2.24) is 0 Å². The lowest BCUT2D eigenvalue weighted by Gasteiger charge is -2.22. The molecule has 1 atom stereocenters. The van der Waals surface area contributed by atoms with Crippen LogP contribution in [-0.2, 0) is 0 Å². The molecule has 1 aliphatic carbocycles. The van der Waals surface area contributed by atoms with E-state index in [9.17, 15) is 0 Å². The van der Waals surface area contributed by atoms with Crippen molar-refractivity contribution in [2.24, 2.45) is 0 Å². The molecular formula is C17H19BrS. The van der Waals surface area contributed by atoms with Crippen LogP contribution in [0.5, 0.6) is 0 Å². The van der Waals surface area contributed by atoms with Crippen molar-refractivity contribution in [2.45, 2.75) is 42.8 Å². The summed E-state index contributed by atoms with van der Waals surface area (Å²) >= 11 is 5.56. The lowest BCUT2D eigenvalue weighted by Crippen LogP contribution is -2.04. The Hall–Kier alpha value is -0.600. The van der Waals surface area contributed by atoms with Gasteiger partial charge in [0.1, 0.15) is 0 Å². The topological polar surface area (TPSA) is 0 Å². The number of hydrogen-bond acceptors (Lipinski definition) is 1. The molecule has 19 heavy (non-hydrogen) atoms. The van der Waals surface area contributed by atoms with Gasteiger partial charge in [-0.1, -0.05) is 59.5 Å². The van der Waals surface area contributed by atoms with Crippen LogP contribution in [0, 0.1) is 0 Å². The first-order valence-corrected chi connectivity index (χ1v) is 8.96. The largest absolute Gasteiger partial charge is 0.152 e. The summed E-state index contributed by atoms with van der Waals surface area (Å²) in [5, 5.41) is 4.36. The number of halogens is 1. The highest BCUT2D eigenvalue weighted by molar-refractivity contribution is 9.09. The van der Waals surface area contributed by atoms with Crippen molar-refractivity contribution in [3.8, 4) is 0 Å². The first-order chi connectivity index (χ1) is 9.34. The van der Waals surface area contributed by atoms with E-state index in [0.29, 0.717) is 4.83 Å². The van der Waals surface area contributed by atoms with Crippen LogP contribution in [-0.4, -0.2) is 0 Å². The molecule has 0 nitrogen and oxygen atoms in total. The first-order valence-electron chi connectivity index (χ1n) is 7.10. The van der Waals surface area contributed by atoms with Gasteiger partial charge in [-0.3, -0.25) is 0 Å². The second-order valence-corrected chi connectivity index (χ2v) is 7.12. The molecule has 1 fully saturated rings. The number of hydrogen-bond donors (Lipinski definition) is 0. The molecule has 1 aromatic carbocycles. The molecule has 3 rings (SSSR count). The van der Waals surface area contributed by atoms with Gasteiger partial charge >= 0.3 is 0 Å². The zero-order chi connectivity index (χ0) is 13.1. The highest BCUT2D eigenvalue weighted by Crippen LogP contribution is 2.35. The maximum absolute atomic E-state index is 3.80. The van der Waals surface area contributed by atoms with E-state index >= 15 is 0 Å². The zero-order valence-electron chi connectivity index (χ0n) is 11.0. The molecule has 1 aliphatic rings. The van der Waals surface area contributed by atoms with E-state index < -0.39 is 0 Å². The third-order valence-corrected chi connectivity index (χ3v) is 5.90. The summed E-state index contributed by atoms with van der Waals surface area (Å²) in [6, 6.07) is 11.5. The van der Waals surface area contributed by atoms with E-state index in [2.05, 4.69) is 57.0 Å². The van der Waals surface area contributed by atoms with Crippen LogP contribution < -0.4 is 0 Å². The van der Waals surface area contributed by atoms with Gasteiger partial charge in [-0.25, -0.2) is 0 Å². The van der Waals surface area contributed by atoms with Gasteiger partial charge in [0.25, 0.3) is 0 Å². The molecule has 100 valence electrons. The fourth-order valence-corrected chi connectivity index (χ4v) is 4.44. The Bertz CT molecular complexity index is 495. The molecule has 1 heterocycles. The van der Waals surface area contributed by atoms with Crippen LogP contribution in [0.2, 0.25) is 0 Å². The third kappa shape index (κ3) is 3.11. The van der Waals surface area contributed by atoms with Gasteiger partial charge in [0.15, 0.2) is 0 Å². The molecule has 2 heteroatoms. The lowest BCUT2D eigenvalue weighted by atomic mass is 9.84. The van der Waals surface area contributed by atoms with E-state index in [-0.39, 0.29) is 0 Å². The maximum atomic E-state index is 3.80. The quantitative estimate of drug-likeness (QED) is 0.579. The Labute approximate surface area is 128 Å². The molecule has 0 amide bonds. The van der Waals surface area contributed by atoms with Crippen molar-refractivity contribution >= 4 is 27.3 Å². The lowest BCUT2D eigenvalue weighted by molar-refractivity contribution is 0.443. The molecule has 1 aromatic heterocycles. The summed E-state index contributed by atoms with van der Waals surface area (Å²) in [5.41, 5.74) is 4.25. The molecule has 2 aromatic rings. The van der Waals surface area contributed by atoms with E-state index in [1.165, 1.54) is 48.8 Å². The smallest absolute Gasteiger partial charge is 0.0652 e. The van der Waals surface area contributed by atoms with Gasteiger partial charge < -0.3 is 0 Å². The predicted molar refractivity (Wildman–Crippen MR) is 87.4 cm³/mol. The van der Waals surface area contributed by atoms with Crippen LogP contribution in [0.1, 0.15) is 59.5 Å². The highest BCUT2D eigenvalue weighted by atomic mass is 79.9. The Morgan fingerprint density at radius 3 is 2.32 bits per heavy atom. The minimum atomic E-state index is 0.333. The van der Waals surface area contributed by atoms with Crippen molar-refractivity contribution in [1.29, 1.82) is 0 Å². The number of benzene rings is 1. The van der Waals surface area contributed by atoms with E-state index in [1.54, 1.807) is 11.3 Å². The van der Waals surface area contributed by atoms with Gasteiger partial charge in [0, 0.05) is 0 Å². The van der Waals surface area contributed by atoms with Crippen LogP contribution in [0.15, 0.2) is 41.1 Å². The van der Waals surface area contributed by atoms with Crippen molar-refractivity contribution in [2.75, 3.05) is 0 Å². The monoisotopic (exact) mass is 334 g/mol. The van der Waals surface area contributed by atoms with Gasteiger partial charge in [0.2, 0.25) is 0 Å². The van der Waals surface area contributed by atoms with Crippen LogP contribution in [0.25, 0.3) is 0 Å². The fraction of sp³-hybridized carbons (Fsp3) is 0.412. The van der Waals surface area contributed by atoms with E-state index in [0.717, 1.165) is 5.92 Å². The zero-order valence-corrected chi connectivity index (χ0v) is 13.4. The van der Waals surface area contributed by atoms with Gasteiger partial charge in [-0.15, -0.1) is 0 Å². The number of alkyl halides is 1. The Balaban J connectivity index is 1.75. The molecule has 0 bridgehead atoms. The van der Waals surface area contributed by atoms with Crippen molar-refractivity contribution in [3.63, 3.8) is 0 Å². The third-order valence-electron chi connectivity index (χ3n) is 4.14. The predicted octanol–water partition coefficient (Wildman–Crippen LogP) is 6.28. The van der Waals surface area contributed by atoms with Crippen LogP contribution in [0.4, 0.5) is 0 Å². The molecular weight excluding hydrogens is 316 g/mol. The van der Waals surface area contributed by atoms with E-state index in [1.807, 2.05) is 0 Å². The van der Waals surface area contributed by atoms with Crippen molar-refractivity contribution in [3.05, 3.63) is 57.8 Å². The molecule has 0 aliphatic heterocycles. The molecule has 0 spiro atoms. The Kier molecular flexibility index (Phi) is 4.39. The van der Waals surface area contributed by atoms with Crippen LogP contribution >= 0.6 is 27.3 Å². The molecule has 0 saturated heterocycles. The van der Waals surface area contributed by atoms with Crippen LogP contribution in [0.3, 0.4) is 0 Å². The highest BCUT2D eigenvalue weighted by Gasteiger charge is 2.16. The second kappa shape index (κ2) is 6.23. The summed E-state index contributed by atoms with van der Waals surface area (Å²) in [6.07, 6.45) is 6.99. The number of thiophene rings is 1. The summed E-state index contributed by atoms with van der Waals surface area (Å²) in [7, 11) is 0.